The second-order valence-electron chi connectivity index (χ2n) is 10.1. The standard InChI is InChI=1S/C31H29N5S/c1-20-8-11-30(37-20)24-6-5-7-27-25(24)16-29(33-27)31-26-15-22(9-10-28(26)34-35-31)23-14-21(17-32-18-23)19-36-12-3-2-4-13-36/h5-11,14-18,33H,2-4,12-13,19H2,1H3,(H,34,35). The zero-order valence-electron chi connectivity index (χ0n) is 20.9. The van der Waals surface area contributed by atoms with Gasteiger partial charge in [0.2, 0.25) is 0 Å². The van der Waals surface area contributed by atoms with Crippen molar-refractivity contribution >= 4 is 33.1 Å². The lowest BCUT2D eigenvalue weighted by Crippen LogP contribution is -2.29. The van der Waals surface area contributed by atoms with Gasteiger partial charge in [-0.15, -0.1) is 11.3 Å². The lowest BCUT2D eigenvalue weighted by atomic mass is 10.0. The van der Waals surface area contributed by atoms with Gasteiger partial charge < -0.3 is 4.98 Å². The van der Waals surface area contributed by atoms with Crippen molar-refractivity contribution < 1.29 is 0 Å². The highest BCUT2D eigenvalue weighted by atomic mass is 32.1. The van der Waals surface area contributed by atoms with Crippen LogP contribution in [0.3, 0.4) is 0 Å². The largest absolute Gasteiger partial charge is 0.353 e. The second-order valence-corrected chi connectivity index (χ2v) is 11.4. The van der Waals surface area contributed by atoms with Crippen LogP contribution in [0.5, 0.6) is 0 Å². The van der Waals surface area contributed by atoms with Crippen LogP contribution in [0.4, 0.5) is 0 Å². The van der Waals surface area contributed by atoms with Gasteiger partial charge in [0, 0.05) is 56.1 Å². The van der Waals surface area contributed by atoms with E-state index in [4.69, 9.17) is 5.10 Å². The summed E-state index contributed by atoms with van der Waals surface area (Å²) in [4.78, 5) is 13.4. The van der Waals surface area contributed by atoms with Gasteiger partial charge in [0.05, 0.1) is 11.2 Å². The highest BCUT2D eigenvalue weighted by Crippen LogP contribution is 2.37. The molecule has 6 heteroatoms. The van der Waals surface area contributed by atoms with Crippen molar-refractivity contribution in [3.05, 3.63) is 83.5 Å². The van der Waals surface area contributed by atoms with E-state index in [0.717, 1.165) is 45.5 Å². The minimum absolute atomic E-state index is 0.943. The Kier molecular flexibility index (Phi) is 5.64. The predicted octanol–water partition coefficient (Wildman–Crippen LogP) is 7.80. The van der Waals surface area contributed by atoms with Gasteiger partial charge in [-0.05, 0) is 86.4 Å². The predicted molar refractivity (Wildman–Crippen MR) is 154 cm³/mol. The summed E-state index contributed by atoms with van der Waals surface area (Å²) in [5, 5.41) is 10.3. The minimum atomic E-state index is 0.943. The molecule has 1 saturated heterocycles. The number of likely N-dealkylation sites (tertiary alicyclic amines) is 1. The Morgan fingerprint density at radius 2 is 1.78 bits per heavy atom. The monoisotopic (exact) mass is 503 g/mol. The van der Waals surface area contributed by atoms with Gasteiger partial charge in [0.1, 0.15) is 5.69 Å². The molecule has 4 aromatic heterocycles. The van der Waals surface area contributed by atoms with E-state index in [-0.39, 0.29) is 0 Å². The van der Waals surface area contributed by atoms with E-state index < -0.39 is 0 Å². The summed E-state index contributed by atoms with van der Waals surface area (Å²) in [6.07, 6.45) is 7.94. The fraction of sp³-hybridized carbons (Fsp3) is 0.226. The summed E-state index contributed by atoms with van der Waals surface area (Å²) in [5.41, 5.74) is 8.97. The highest BCUT2D eigenvalue weighted by molar-refractivity contribution is 7.15. The first-order chi connectivity index (χ1) is 18.2. The third kappa shape index (κ3) is 4.26. The number of hydrogen-bond acceptors (Lipinski definition) is 4. The summed E-state index contributed by atoms with van der Waals surface area (Å²) in [7, 11) is 0. The van der Waals surface area contributed by atoms with Gasteiger partial charge in [-0.25, -0.2) is 0 Å². The Bertz CT molecular complexity index is 1720. The third-order valence-corrected chi connectivity index (χ3v) is 8.50. The Hall–Kier alpha value is -3.74. The number of thiophene rings is 1. The summed E-state index contributed by atoms with van der Waals surface area (Å²) in [6.45, 7) is 5.50. The quantitative estimate of drug-likeness (QED) is 0.252. The van der Waals surface area contributed by atoms with Crippen molar-refractivity contribution in [2.24, 2.45) is 0 Å². The molecule has 6 aromatic rings. The lowest BCUT2D eigenvalue weighted by Gasteiger charge is -2.26. The maximum absolute atomic E-state index is 4.72. The fourth-order valence-electron chi connectivity index (χ4n) is 5.58. The number of pyridine rings is 1. The van der Waals surface area contributed by atoms with Crippen molar-refractivity contribution in [1.82, 2.24) is 25.1 Å². The van der Waals surface area contributed by atoms with Crippen LogP contribution < -0.4 is 0 Å². The van der Waals surface area contributed by atoms with Crippen LogP contribution in [0.1, 0.15) is 29.7 Å². The molecular weight excluding hydrogens is 474 g/mol. The molecule has 2 aromatic carbocycles. The molecule has 184 valence electrons. The van der Waals surface area contributed by atoms with Gasteiger partial charge in [-0.3, -0.25) is 15.0 Å². The zero-order chi connectivity index (χ0) is 24.8. The molecule has 5 heterocycles. The van der Waals surface area contributed by atoms with Gasteiger partial charge in [0.25, 0.3) is 0 Å². The van der Waals surface area contributed by atoms with Crippen LogP contribution in [0, 0.1) is 6.92 Å². The number of H-pyrrole nitrogens is 2. The van der Waals surface area contributed by atoms with Crippen LogP contribution in [0.15, 0.2) is 73.1 Å². The molecule has 0 amide bonds. The minimum Gasteiger partial charge on any atom is -0.353 e. The molecule has 1 fully saturated rings. The molecule has 0 aliphatic carbocycles. The molecule has 5 nitrogen and oxygen atoms in total. The number of aromatic amines is 2. The summed E-state index contributed by atoms with van der Waals surface area (Å²) in [5.74, 6) is 0. The first-order valence-electron chi connectivity index (χ1n) is 13.0. The van der Waals surface area contributed by atoms with E-state index in [1.54, 1.807) is 0 Å². The summed E-state index contributed by atoms with van der Waals surface area (Å²) >= 11 is 1.83. The number of aryl methyl sites for hydroxylation is 1. The molecule has 0 unspecified atom stereocenters. The molecule has 1 aliphatic rings. The number of benzene rings is 2. The third-order valence-electron chi connectivity index (χ3n) is 7.47. The van der Waals surface area contributed by atoms with Crippen molar-refractivity contribution in [2.75, 3.05) is 13.1 Å². The van der Waals surface area contributed by atoms with E-state index >= 15 is 0 Å². The SMILES string of the molecule is Cc1ccc(-c2cccc3[nH]c(-c4n[nH]c5ccc(-c6cncc(CN7CCCCC7)c6)cc45)cc23)s1. The number of hydrogen-bond donors (Lipinski definition) is 2. The van der Waals surface area contributed by atoms with Gasteiger partial charge in [-0.1, -0.05) is 24.6 Å². The molecule has 0 bridgehead atoms. The van der Waals surface area contributed by atoms with E-state index in [0.29, 0.717) is 0 Å². The Morgan fingerprint density at radius 3 is 2.65 bits per heavy atom. The molecule has 7 rings (SSSR count). The van der Waals surface area contributed by atoms with Gasteiger partial charge >= 0.3 is 0 Å². The maximum Gasteiger partial charge on any atom is 0.116 e. The van der Waals surface area contributed by atoms with E-state index in [2.05, 4.69) is 87.6 Å². The average Bonchev–Trinajstić information content (AvgIpc) is 3.66. The van der Waals surface area contributed by atoms with Crippen LogP contribution in [0.2, 0.25) is 0 Å². The first-order valence-corrected chi connectivity index (χ1v) is 13.9. The van der Waals surface area contributed by atoms with Crippen molar-refractivity contribution in [2.45, 2.75) is 32.7 Å². The second kappa shape index (κ2) is 9.29. The van der Waals surface area contributed by atoms with Crippen molar-refractivity contribution in [3.8, 4) is 33.0 Å². The number of rotatable bonds is 5. The molecule has 0 saturated carbocycles. The Labute approximate surface area is 220 Å². The molecular formula is C31H29N5S. The summed E-state index contributed by atoms with van der Waals surface area (Å²) in [6, 6.07) is 21.9. The maximum atomic E-state index is 4.72. The van der Waals surface area contributed by atoms with Crippen LogP contribution in [0.25, 0.3) is 54.8 Å². The molecule has 0 radical (unpaired) electrons. The van der Waals surface area contributed by atoms with Crippen LogP contribution in [-0.4, -0.2) is 38.2 Å². The van der Waals surface area contributed by atoms with E-state index in [1.165, 1.54) is 58.6 Å². The molecule has 0 spiro atoms. The van der Waals surface area contributed by atoms with E-state index in [1.807, 2.05) is 23.7 Å². The fourth-order valence-corrected chi connectivity index (χ4v) is 6.49. The molecule has 37 heavy (non-hydrogen) atoms. The Balaban J connectivity index is 1.26. The average molecular weight is 504 g/mol. The number of nitrogens with zero attached hydrogens (tertiary/aromatic N) is 3. The molecule has 0 atom stereocenters. The number of nitrogens with one attached hydrogen (secondary N) is 2. The van der Waals surface area contributed by atoms with Crippen molar-refractivity contribution in [1.29, 1.82) is 0 Å². The summed E-state index contributed by atoms with van der Waals surface area (Å²) < 4.78 is 0. The smallest absolute Gasteiger partial charge is 0.116 e. The lowest BCUT2D eigenvalue weighted by molar-refractivity contribution is 0.220. The molecule has 2 N–H and O–H groups in total. The number of aromatic nitrogens is 4. The normalized spacial score (nSPS) is 14.6. The highest BCUT2D eigenvalue weighted by Gasteiger charge is 2.16. The number of piperidine rings is 1. The number of fused-ring (bicyclic) bond motifs is 2. The van der Waals surface area contributed by atoms with Crippen LogP contribution in [-0.2, 0) is 6.54 Å². The first kappa shape index (κ1) is 22.5. The zero-order valence-corrected chi connectivity index (χ0v) is 21.7. The Morgan fingerprint density at radius 1 is 0.865 bits per heavy atom. The topological polar surface area (TPSA) is 60.6 Å². The van der Waals surface area contributed by atoms with E-state index in [9.17, 15) is 0 Å². The van der Waals surface area contributed by atoms with Gasteiger partial charge in [-0.2, -0.15) is 5.10 Å². The van der Waals surface area contributed by atoms with Crippen molar-refractivity contribution in [3.63, 3.8) is 0 Å². The molecule has 1 aliphatic heterocycles. The van der Waals surface area contributed by atoms with Crippen LogP contribution >= 0.6 is 11.3 Å². The van der Waals surface area contributed by atoms with Gasteiger partial charge in [0.15, 0.2) is 0 Å².